The molecule has 0 spiro atoms. The van der Waals surface area contributed by atoms with E-state index in [2.05, 4.69) is 30.7 Å². The van der Waals surface area contributed by atoms with E-state index >= 15 is 0 Å². The quantitative estimate of drug-likeness (QED) is 0.194. The summed E-state index contributed by atoms with van der Waals surface area (Å²) >= 11 is 0. The number of hydrogen-bond donors (Lipinski definition) is 0. The molecular weight excluding hydrogens is 412 g/mol. The fourth-order valence-corrected chi connectivity index (χ4v) is 3.78. The Morgan fingerprint density at radius 2 is 1.52 bits per heavy atom. The molecular formula is C28H42N2O3. The molecule has 2 aromatic rings. The summed E-state index contributed by atoms with van der Waals surface area (Å²) in [6, 6.07) is 8.11. The van der Waals surface area contributed by atoms with E-state index in [1.165, 1.54) is 38.5 Å². The second kappa shape index (κ2) is 15.4. The van der Waals surface area contributed by atoms with Crippen LogP contribution in [0.25, 0.3) is 11.4 Å². The van der Waals surface area contributed by atoms with Crippen molar-refractivity contribution in [1.82, 2.24) is 9.97 Å². The minimum absolute atomic E-state index is 0.00984. The Balaban J connectivity index is 1.79. The number of carbonyl (C=O) groups excluding carboxylic acids is 1. The van der Waals surface area contributed by atoms with Crippen LogP contribution in [0.1, 0.15) is 103 Å². The SMILES string of the molecule is CCCCCCOc1cnc(-c2ccc(C(C)CC(=O)OC(C)CCCCCC)cc2)nc1. The van der Waals surface area contributed by atoms with Gasteiger partial charge in [-0.2, -0.15) is 0 Å². The van der Waals surface area contributed by atoms with Gasteiger partial charge >= 0.3 is 5.97 Å². The van der Waals surface area contributed by atoms with Gasteiger partial charge in [0.05, 0.1) is 31.5 Å². The van der Waals surface area contributed by atoms with Gasteiger partial charge < -0.3 is 9.47 Å². The Bertz CT molecular complexity index is 790. The van der Waals surface area contributed by atoms with Crippen molar-refractivity contribution < 1.29 is 14.3 Å². The number of rotatable bonds is 16. The van der Waals surface area contributed by atoms with E-state index in [4.69, 9.17) is 9.47 Å². The van der Waals surface area contributed by atoms with E-state index in [9.17, 15) is 4.79 Å². The van der Waals surface area contributed by atoms with Gasteiger partial charge in [-0.1, -0.05) is 83.6 Å². The normalized spacial score (nSPS) is 12.8. The average molecular weight is 455 g/mol. The third kappa shape index (κ3) is 10.4. The molecule has 182 valence electrons. The van der Waals surface area contributed by atoms with Crippen LogP contribution in [0.15, 0.2) is 36.7 Å². The molecule has 1 aromatic heterocycles. The van der Waals surface area contributed by atoms with E-state index in [-0.39, 0.29) is 18.0 Å². The Morgan fingerprint density at radius 3 is 2.15 bits per heavy atom. The molecule has 0 bridgehead atoms. The molecule has 0 radical (unpaired) electrons. The van der Waals surface area contributed by atoms with Gasteiger partial charge in [0.25, 0.3) is 0 Å². The van der Waals surface area contributed by atoms with Crippen LogP contribution in [0.3, 0.4) is 0 Å². The Morgan fingerprint density at radius 1 is 0.879 bits per heavy atom. The zero-order valence-electron chi connectivity index (χ0n) is 21.0. The van der Waals surface area contributed by atoms with Crippen molar-refractivity contribution in [3.05, 3.63) is 42.2 Å². The Labute approximate surface area is 200 Å². The van der Waals surface area contributed by atoms with Crippen molar-refractivity contribution in [3.63, 3.8) is 0 Å². The number of nitrogens with zero attached hydrogens (tertiary/aromatic N) is 2. The molecule has 0 saturated heterocycles. The molecule has 2 atom stereocenters. The highest BCUT2D eigenvalue weighted by molar-refractivity contribution is 5.70. The maximum atomic E-state index is 12.3. The largest absolute Gasteiger partial charge is 0.490 e. The topological polar surface area (TPSA) is 61.3 Å². The molecule has 1 aromatic carbocycles. The van der Waals surface area contributed by atoms with Gasteiger partial charge in [0.2, 0.25) is 0 Å². The number of unbranched alkanes of at least 4 members (excludes halogenated alkanes) is 6. The second-order valence-corrected chi connectivity index (χ2v) is 9.03. The van der Waals surface area contributed by atoms with Crippen molar-refractivity contribution >= 4 is 5.97 Å². The van der Waals surface area contributed by atoms with Crippen LogP contribution < -0.4 is 4.74 Å². The number of carbonyl (C=O) groups is 1. The van der Waals surface area contributed by atoms with Crippen LogP contribution in [-0.4, -0.2) is 28.6 Å². The summed E-state index contributed by atoms with van der Waals surface area (Å²) in [6.07, 6.45) is 14.3. The maximum Gasteiger partial charge on any atom is 0.306 e. The van der Waals surface area contributed by atoms with Gasteiger partial charge in [0, 0.05) is 5.56 Å². The first kappa shape index (κ1) is 26.8. The minimum atomic E-state index is -0.122. The minimum Gasteiger partial charge on any atom is -0.490 e. The third-order valence-corrected chi connectivity index (χ3v) is 5.90. The first-order chi connectivity index (χ1) is 16.0. The van der Waals surface area contributed by atoms with Crippen LogP contribution in [0.4, 0.5) is 0 Å². The smallest absolute Gasteiger partial charge is 0.306 e. The van der Waals surface area contributed by atoms with Gasteiger partial charge in [0.1, 0.15) is 0 Å². The van der Waals surface area contributed by atoms with E-state index in [1.807, 2.05) is 31.2 Å². The first-order valence-corrected chi connectivity index (χ1v) is 12.8. The summed E-state index contributed by atoms with van der Waals surface area (Å²) in [4.78, 5) is 21.2. The zero-order valence-corrected chi connectivity index (χ0v) is 21.0. The molecule has 0 aliphatic rings. The number of benzene rings is 1. The molecule has 0 N–H and O–H groups in total. The average Bonchev–Trinajstić information content (AvgIpc) is 2.82. The molecule has 0 saturated carbocycles. The summed E-state index contributed by atoms with van der Waals surface area (Å²) in [7, 11) is 0. The summed E-state index contributed by atoms with van der Waals surface area (Å²) in [5.41, 5.74) is 2.06. The van der Waals surface area contributed by atoms with E-state index in [0.717, 1.165) is 30.4 Å². The van der Waals surface area contributed by atoms with Crippen LogP contribution in [0.2, 0.25) is 0 Å². The lowest BCUT2D eigenvalue weighted by atomic mass is 9.96. The van der Waals surface area contributed by atoms with Crippen LogP contribution in [-0.2, 0) is 9.53 Å². The highest BCUT2D eigenvalue weighted by Crippen LogP contribution is 2.24. The zero-order chi connectivity index (χ0) is 23.9. The Hall–Kier alpha value is -2.43. The van der Waals surface area contributed by atoms with Crippen molar-refractivity contribution in [2.45, 2.75) is 104 Å². The number of hydrogen-bond acceptors (Lipinski definition) is 5. The van der Waals surface area contributed by atoms with Gasteiger partial charge in [-0.05, 0) is 37.7 Å². The van der Waals surface area contributed by atoms with Crippen molar-refractivity contribution in [1.29, 1.82) is 0 Å². The lowest BCUT2D eigenvalue weighted by molar-refractivity contribution is -0.148. The van der Waals surface area contributed by atoms with E-state index in [1.54, 1.807) is 12.4 Å². The molecule has 0 amide bonds. The second-order valence-electron chi connectivity index (χ2n) is 9.03. The molecule has 2 unspecified atom stereocenters. The van der Waals surface area contributed by atoms with Crippen LogP contribution in [0, 0.1) is 0 Å². The third-order valence-electron chi connectivity index (χ3n) is 5.90. The van der Waals surface area contributed by atoms with Crippen molar-refractivity contribution in [3.8, 4) is 17.1 Å². The fourth-order valence-electron chi connectivity index (χ4n) is 3.78. The molecule has 5 heteroatoms. The lowest BCUT2D eigenvalue weighted by Gasteiger charge is -2.16. The molecule has 5 nitrogen and oxygen atoms in total. The first-order valence-electron chi connectivity index (χ1n) is 12.8. The predicted octanol–water partition coefficient (Wildman–Crippen LogP) is 7.50. The van der Waals surface area contributed by atoms with Gasteiger partial charge in [-0.3, -0.25) is 4.79 Å². The van der Waals surface area contributed by atoms with Crippen LogP contribution in [0.5, 0.6) is 5.75 Å². The number of aromatic nitrogens is 2. The molecule has 0 aliphatic heterocycles. The molecule has 0 aliphatic carbocycles. The number of ether oxygens (including phenoxy) is 2. The molecule has 0 fully saturated rings. The number of esters is 1. The van der Waals surface area contributed by atoms with Crippen molar-refractivity contribution in [2.75, 3.05) is 6.61 Å². The summed E-state index contributed by atoms with van der Waals surface area (Å²) < 4.78 is 11.3. The van der Waals surface area contributed by atoms with E-state index in [0.29, 0.717) is 24.6 Å². The monoisotopic (exact) mass is 454 g/mol. The lowest BCUT2D eigenvalue weighted by Crippen LogP contribution is -2.16. The highest BCUT2D eigenvalue weighted by atomic mass is 16.5. The fraction of sp³-hybridized carbons (Fsp3) is 0.607. The molecule has 1 heterocycles. The predicted molar refractivity (Wildman–Crippen MR) is 134 cm³/mol. The Kier molecular flexibility index (Phi) is 12.5. The standard InChI is InChI=1S/C28H42N2O3/c1-5-7-9-11-13-23(4)33-27(31)19-22(3)24-14-16-25(17-15-24)28-29-20-26(21-30-28)32-18-12-10-8-6-2/h14-17,20-23H,5-13,18-19H2,1-4H3. The van der Waals surface area contributed by atoms with Gasteiger partial charge in [0.15, 0.2) is 11.6 Å². The summed E-state index contributed by atoms with van der Waals surface area (Å²) in [5, 5.41) is 0. The van der Waals surface area contributed by atoms with Crippen molar-refractivity contribution in [2.24, 2.45) is 0 Å². The summed E-state index contributed by atoms with van der Waals surface area (Å²) in [5.74, 6) is 1.36. The maximum absolute atomic E-state index is 12.3. The van der Waals surface area contributed by atoms with Gasteiger partial charge in [-0.25, -0.2) is 9.97 Å². The molecule has 33 heavy (non-hydrogen) atoms. The van der Waals surface area contributed by atoms with Crippen LogP contribution >= 0.6 is 0 Å². The molecule has 2 rings (SSSR count). The van der Waals surface area contributed by atoms with E-state index < -0.39 is 0 Å². The van der Waals surface area contributed by atoms with Gasteiger partial charge in [-0.15, -0.1) is 0 Å². The highest BCUT2D eigenvalue weighted by Gasteiger charge is 2.15. The summed E-state index contributed by atoms with van der Waals surface area (Å²) in [6.45, 7) is 9.16.